The van der Waals surface area contributed by atoms with Gasteiger partial charge in [0.05, 0.1) is 29.2 Å². The van der Waals surface area contributed by atoms with Crippen molar-refractivity contribution in [3.8, 4) is 0 Å². The molecular weight excluding hydrogens is 430 g/mol. The van der Waals surface area contributed by atoms with E-state index < -0.39 is 21.8 Å². The molecular formula is C20H20ClN3O5S. The molecule has 0 spiro atoms. The number of benzene rings is 2. The van der Waals surface area contributed by atoms with E-state index in [9.17, 15) is 18.0 Å². The number of hydrogen-bond acceptors (Lipinski definition) is 6. The van der Waals surface area contributed by atoms with Crippen molar-refractivity contribution in [3.05, 3.63) is 64.2 Å². The van der Waals surface area contributed by atoms with Crippen LogP contribution in [0, 0.1) is 0 Å². The number of morpholine rings is 1. The van der Waals surface area contributed by atoms with Crippen molar-refractivity contribution in [1.29, 1.82) is 0 Å². The first kappa shape index (κ1) is 21.0. The molecule has 4 rings (SSSR count). The Morgan fingerprint density at radius 2 is 1.80 bits per heavy atom. The number of imide groups is 1. The fraction of sp³-hybridized carbons (Fsp3) is 0.300. The Kier molecular flexibility index (Phi) is 5.90. The average molecular weight is 450 g/mol. The summed E-state index contributed by atoms with van der Waals surface area (Å²) in [4.78, 5) is 25.6. The van der Waals surface area contributed by atoms with E-state index in [4.69, 9.17) is 16.3 Å². The summed E-state index contributed by atoms with van der Waals surface area (Å²) < 4.78 is 33.9. The number of fused-ring (bicyclic) bond motifs is 1. The molecule has 2 aliphatic heterocycles. The van der Waals surface area contributed by atoms with Gasteiger partial charge in [-0.05, 0) is 35.9 Å². The number of rotatable bonds is 6. The van der Waals surface area contributed by atoms with E-state index in [0.717, 1.165) is 5.56 Å². The number of nitrogens with one attached hydrogen (secondary N) is 2. The molecule has 2 aromatic carbocycles. The van der Waals surface area contributed by atoms with Crippen LogP contribution in [0.1, 0.15) is 32.3 Å². The molecule has 0 saturated carbocycles. The first-order chi connectivity index (χ1) is 14.3. The number of amides is 2. The quantitative estimate of drug-likeness (QED) is 0.649. The highest BCUT2D eigenvalue weighted by Gasteiger charge is 2.30. The highest BCUT2D eigenvalue weighted by Crippen LogP contribution is 2.25. The van der Waals surface area contributed by atoms with Crippen molar-refractivity contribution >= 4 is 33.4 Å². The van der Waals surface area contributed by atoms with Crippen molar-refractivity contribution in [1.82, 2.24) is 14.9 Å². The van der Waals surface area contributed by atoms with Crippen LogP contribution >= 0.6 is 11.6 Å². The van der Waals surface area contributed by atoms with Gasteiger partial charge >= 0.3 is 0 Å². The van der Waals surface area contributed by atoms with Gasteiger partial charge < -0.3 is 4.74 Å². The maximum atomic E-state index is 12.9. The van der Waals surface area contributed by atoms with Crippen LogP contribution in [-0.4, -0.2) is 58.0 Å². The van der Waals surface area contributed by atoms with Crippen molar-refractivity contribution in [2.24, 2.45) is 0 Å². The van der Waals surface area contributed by atoms with E-state index in [0.29, 0.717) is 31.3 Å². The molecule has 1 fully saturated rings. The Hall–Kier alpha value is -2.30. The van der Waals surface area contributed by atoms with Crippen LogP contribution in [-0.2, 0) is 14.8 Å². The van der Waals surface area contributed by atoms with Crippen molar-refractivity contribution < 1.29 is 22.7 Å². The smallest absolute Gasteiger partial charge is 0.258 e. The first-order valence-electron chi connectivity index (χ1n) is 9.42. The predicted octanol–water partition coefficient (Wildman–Crippen LogP) is 1.58. The fourth-order valence-corrected chi connectivity index (χ4v) is 4.91. The topological polar surface area (TPSA) is 105 Å². The lowest BCUT2D eigenvalue weighted by atomic mass is 10.1. The number of carbonyl (C=O) groups is 2. The largest absolute Gasteiger partial charge is 0.379 e. The minimum absolute atomic E-state index is 0.0578. The van der Waals surface area contributed by atoms with Gasteiger partial charge in [0.1, 0.15) is 0 Å². The zero-order valence-electron chi connectivity index (χ0n) is 15.9. The monoisotopic (exact) mass is 449 g/mol. The van der Waals surface area contributed by atoms with Gasteiger partial charge in [-0.1, -0.05) is 23.7 Å². The number of nitrogens with zero attached hydrogens (tertiary/aromatic N) is 1. The average Bonchev–Trinajstić information content (AvgIpc) is 3.02. The number of halogens is 1. The Balaban J connectivity index is 1.57. The standard InChI is InChI=1S/C20H20ClN3O5S/c21-14-3-1-2-13(10-14)18(24-6-8-29-9-7-24)12-22-30(27,28)15-4-5-16-17(11-15)20(26)23-19(16)25/h1-5,10-11,18,22H,6-9,12H2,(H,23,25,26). The zero-order chi connectivity index (χ0) is 21.3. The Morgan fingerprint density at radius 1 is 1.07 bits per heavy atom. The first-order valence-corrected chi connectivity index (χ1v) is 11.3. The van der Waals surface area contributed by atoms with E-state index in [1.807, 2.05) is 18.2 Å². The van der Waals surface area contributed by atoms with E-state index >= 15 is 0 Å². The summed E-state index contributed by atoms with van der Waals surface area (Å²) in [5.74, 6) is -1.13. The second-order valence-electron chi connectivity index (χ2n) is 7.06. The highest BCUT2D eigenvalue weighted by atomic mass is 35.5. The van der Waals surface area contributed by atoms with Crippen LogP contribution in [0.15, 0.2) is 47.4 Å². The van der Waals surface area contributed by atoms with Crippen LogP contribution in [0.4, 0.5) is 0 Å². The molecule has 0 aromatic heterocycles. The fourth-order valence-electron chi connectivity index (χ4n) is 3.65. The Morgan fingerprint density at radius 3 is 2.53 bits per heavy atom. The molecule has 30 heavy (non-hydrogen) atoms. The molecule has 0 bridgehead atoms. The molecule has 1 saturated heterocycles. The molecule has 0 aliphatic carbocycles. The number of carbonyl (C=O) groups excluding carboxylic acids is 2. The molecule has 1 atom stereocenters. The van der Waals surface area contributed by atoms with Gasteiger partial charge in [0.25, 0.3) is 11.8 Å². The minimum Gasteiger partial charge on any atom is -0.379 e. The van der Waals surface area contributed by atoms with Crippen molar-refractivity contribution in [2.45, 2.75) is 10.9 Å². The molecule has 2 N–H and O–H groups in total. The van der Waals surface area contributed by atoms with E-state index in [1.165, 1.54) is 18.2 Å². The van der Waals surface area contributed by atoms with Gasteiger partial charge in [-0.3, -0.25) is 19.8 Å². The van der Waals surface area contributed by atoms with Gasteiger partial charge in [-0.2, -0.15) is 0 Å². The summed E-state index contributed by atoms with van der Waals surface area (Å²) in [7, 11) is -3.91. The lowest BCUT2D eigenvalue weighted by molar-refractivity contribution is 0.0172. The highest BCUT2D eigenvalue weighted by molar-refractivity contribution is 7.89. The Labute approximate surface area is 179 Å². The van der Waals surface area contributed by atoms with Gasteiger partial charge in [0.2, 0.25) is 10.0 Å². The SMILES string of the molecule is O=C1NC(=O)c2cc(S(=O)(=O)NCC(c3cccc(Cl)c3)N3CCOCC3)ccc21. The summed E-state index contributed by atoms with van der Waals surface area (Å²) in [5.41, 5.74) is 1.12. The maximum absolute atomic E-state index is 12.9. The van der Waals surface area contributed by atoms with Crippen LogP contribution in [0.5, 0.6) is 0 Å². The van der Waals surface area contributed by atoms with Crippen LogP contribution in [0.25, 0.3) is 0 Å². The normalized spacial score (nSPS) is 18.2. The molecule has 8 nitrogen and oxygen atoms in total. The van der Waals surface area contributed by atoms with Crippen LogP contribution in [0.2, 0.25) is 5.02 Å². The summed E-state index contributed by atoms with van der Waals surface area (Å²) in [6.45, 7) is 2.58. The number of sulfonamides is 1. The third-order valence-electron chi connectivity index (χ3n) is 5.20. The lowest BCUT2D eigenvalue weighted by Gasteiger charge is -2.35. The second-order valence-corrected chi connectivity index (χ2v) is 9.27. The molecule has 2 amide bonds. The van der Waals surface area contributed by atoms with Crippen molar-refractivity contribution in [3.63, 3.8) is 0 Å². The second kappa shape index (κ2) is 8.44. The summed E-state index contributed by atoms with van der Waals surface area (Å²) >= 11 is 6.15. The Bertz CT molecular complexity index is 1100. The number of hydrogen-bond donors (Lipinski definition) is 2. The van der Waals surface area contributed by atoms with Gasteiger partial charge in [-0.15, -0.1) is 0 Å². The van der Waals surface area contributed by atoms with E-state index in [1.54, 1.807) is 6.07 Å². The molecule has 2 aromatic rings. The van der Waals surface area contributed by atoms with E-state index in [-0.39, 0.29) is 28.6 Å². The maximum Gasteiger partial charge on any atom is 0.258 e. The molecule has 10 heteroatoms. The summed E-state index contributed by atoms with van der Waals surface area (Å²) in [6, 6.07) is 11.0. The van der Waals surface area contributed by atoms with E-state index in [2.05, 4.69) is 14.9 Å². The lowest BCUT2D eigenvalue weighted by Crippen LogP contribution is -2.43. The van der Waals surface area contributed by atoms with Crippen molar-refractivity contribution in [2.75, 3.05) is 32.8 Å². The zero-order valence-corrected chi connectivity index (χ0v) is 17.5. The van der Waals surface area contributed by atoms with Crippen LogP contribution in [0.3, 0.4) is 0 Å². The molecule has 1 unspecified atom stereocenters. The summed E-state index contributed by atoms with van der Waals surface area (Å²) in [6.07, 6.45) is 0. The minimum atomic E-state index is -3.91. The molecule has 158 valence electrons. The molecule has 0 radical (unpaired) electrons. The third-order valence-corrected chi connectivity index (χ3v) is 6.86. The summed E-state index contributed by atoms with van der Waals surface area (Å²) in [5, 5.41) is 2.73. The predicted molar refractivity (Wildman–Crippen MR) is 110 cm³/mol. The van der Waals surface area contributed by atoms with Gasteiger partial charge in [0, 0.05) is 30.7 Å². The van der Waals surface area contributed by atoms with Gasteiger partial charge in [-0.25, -0.2) is 13.1 Å². The third kappa shape index (κ3) is 4.26. The van der Waals surface area contributed by atoms with Gasteiger partial charge in [0.15, 0.2) is 0 Å². The molecule has 2 heterocycles. The number of ether oxygens (including phenoxy) is 1. The molecule has 2 aliphatic rings. The van der Waals surface area contributed by atoms with Crippen LogP contribution < -0.4 is 10.0 Å².